The lowest BCUT2D eigenvalue weighted by molar-refractivity contribution is 0.101. The molecule has 0 amide bonds. The van der Waals surface area contributed by atoms with Crippen LogP contribution < -0.4 is 4.74 Å². The van der Waals surface area contributed by atoms with Crippen LogP contribution >= 0.6 is 23.1 Å². The summed E-state index contributed by atoms with van der Waals surface area (Å²) in [5.41, 5.74) is 1.91. The molecule has 0 saturated carbocycles. The molecule has 0 bridgehead atoms. The highest BCUT2D eigenvalue weighted by molar-refractivity contribution is 8.00. The first-order valence-electron chi connectivity index (χ1n) is 8.54. The summed E-state index contributed by atoms with van der Waals surface area (Å²) in [6.45, 7) is 0. The Morgan fingerprint density at radius 2 is 1.86 bits per heavy atom. The highest BCUT2D eigenvalue weighted by Gasteiger charge is 2.18. The number of Topliss-reactive ketones (excluding diaryl/α,β-unsaturated/α-hetero) is 1. The van der Waals surface area contributed by atoms with E-state index >= 15 is 0 Å². The van der Waals surface area contributed by atoms with Crippen LogP contribution in [0.2, 0.25) is 0 Å². The summed E-state index contributed by atoms with van der Waals surface area (Å²) in [5.74, 6) is -0.692. The molecular weight excluding hydrogens is 414 g/mol. The number of carbonyl (C=O) groups excluding carboxylic acids is 1. The summed E-state index contributed by atoms with van der Waals surface area (Å²) >= 11 is 2.70. The van der Waals surface area contributed by atoms with E-state index < -0.39 is 5.82 Å². The molecule has 2 aromatic carbocycles. The number of ether oxygens (including phenoxy) is 1. The van der Waals surface area contributed by atoms with Gasteiger partial charge in [0.2, 0.25) is 0 Å². The standard InChI is InChI=1S/C21H14F2N2O2S2/c1-27-18-7-6-14(23)8-15(18)17(26)10-29-21-19-16(9-28-20(19)24-11-25-21)12-2-4-13(22)5-3-12/h2-9,11H,10H2,1H3. The van der Waals surface area contributed by atoms with Gasteiger partial charge in [0.25, 0.3) is 0 Å². The van der Waals surface area contributed by atoms with Gasteiger partial charge in [-0.3, -0.25) is 4.79 Å². The van der Waals surface area contributed by atoms with Gasteiger partial charge in [0.05, 0.1) is 23.8 Å². The fraction of sp³-hybridized carbons (Fsp3) is 0.0952. The van der Waals surface area contributed by atoms with Gasteiger partial charge in [-0.2, -0.15) is 0 Å². The number of hydrogen-bond acceptors (Lipinski definition) is 6. The number of thiophene rings is 1. The van der Waals surface area contributed by atoms with Gasteiger partial charge < -0.3 is 4.74 Å². The lowest BCUT2D eigenvalue weighted by Gasteiger charge is -2.08. The van der Waals surface area contributed by atoms with Crippen molar-refractivity contribution >= 4 is 39.1 Å². The van der Waals surface area contributed by atoms with E-state index in [2.05, 4.69) is 9.97 Å². The molecule has 0 N–H and O–H groups in total. The van der Waals surface area contributed by atoms with Crippen molar-refractivity contribution in [1.82, 2.24) is 9.97 Å². The van der Waals surface area contributed by atoms with Crippen LogP contribution in [0.15, 0.2) is 59.2 Å². The molecule has 29 heavy (non-hydrogen) atoms. The minimum Gasteiger partial charge on any atom is -0.496 e. The van der Waals surface area contributed by atoms with Gasteiger partial charge in [-0.25, -0.2) is 18.7 Å². The Morgan fingerprint density at radius 1 is 1.10 bits per heavy atom. The third-order valence-electron chi connectivity index (χ3n) is 4.29. The van der Waals surface area contributed by atoms with Crippen LogP contribution in [0.4, 0.5) is 8.78 Å². The maximum absolute atomic E-state index is 13.6. The molecule has 4 aromatic rings. The van der Waals surface area contributed by atoms with Gasteiger partial charge in [-0.05, 0) is 35.9 Å². The van der Waals surface area contributed by atoms with Gasteiger partial charge in [0.1, 0.15) is 33.6 Å². The van der Waals surface area contributed by atoms with Crippen LogP contribution in [0.1, 0.15) is 10.4 Å². The molecule has 4 rings (SSSR count). The minimum atomic E-state index is -0.500. The highest BCUT2D eigenvalue weighted by Crippen LogP contribution is 2.38. The number of benzene rings is 2. The van der Waals surface area contributed by atoms with E-state index in [0.29, 0.717) is 10.8 Å². The van der Waals surface area contributed by atoms with Crippen LogP contribution in [0.5, 0.6) is 5.75 Å². The largest absolute Gasteiger partial charge is 0.496 e. The number of methoxy groups -OCH3 is 1. The number of thioether (sulfide) groups is 1. The first-order chi connectivity index (χ1) is 14.1. The maximum atomic E-state index is 13.6. The fourth-order valence-electron chi connectivity index (χ4n) is 2.91. The predicted octanol–water partition coefficient (Wildman–Crippen LogP) is 5.62. The van der Waals surface area contributed by atoms with Gasteiger partial charge >= 0.3 is 0 Å². The SMILES string of the molecule is COc1ccc(F)cc1C(=O)CSc1ncnc2scc(-c3ccc(F)cc3)c12. The van der Waals surface area contributed by atoms with E-state index in [1.165, 1.54) is 66.9 Å². The van der Waals surface area contributed by atoms with Crippen molar-refractivity contribution in [3.05, 3.63) is 71.4 Å². The molecule has 0 unspecified atom stereocenters. The summed E-state index contributed by atoms with van der Waals surface area (Å²) in [6.07, 6.45) is 1.45. The van der Waals surface area contributed by atoms with Gasteiger partial charge in [0.15, 0.2) is 5.78 Å². The number of halogens is 2. The van der Waals surface area contributed by atoms with Crippen LogP contribution in [0.3, 0.4) is 0 Å². The van der Waals surface area contributed by atoms with Gasteiger partial charge in [-0.1, -0.05) is 23.9 Å². The second kappa shape index (κ2) is 8.26. The topological polar surface area (TPSA) is 52.1 Å². The molecule has 8 heteroatoms. The van der Waals surface area contributed by atoms with E-state index in [4.69, 9.17) is 4.74 Å². The zero-order valence-electron chi connectivity index (χ0n) is 15.2. The van der Waals surface area contributed by atoms with Crippen LogP contribution in [-0.2, 0) is 0 Å². The lowest BCUT2D eigenvalue weighted by atomic mass is 10.1. The Bertz CT molecular complexity index is 1190. The smallest absolute Gasteiger partial charge is 0.176 e. The summed E-state index contributed by atoms with van der Waals surface area (Å²) in [7, 11) is 1.44. The maximum Gasteiger partial charge on any atom is 0.176 e. The fourth-order valence-corrected chi connectivity index (χ4v) is 4.79. The van der Waals surface area contributed by atoms with Crippen molar-refractivity contribution in [2.45, 2.75) is 5.03 Å². The third kappa shape index (κ3) is 3.99. The van der Waals surface area contributed by atoms with Crippen molar-refractivity contribution in [3.63, 3.8) is 0 Å². The second-order valence-electron chi connectivity index (χ2n) is 6.07. The average molecular weight is 428 g/mol. The van der Waals surface area contributed by atoms with Crippen molar-refractivity contribution in [2.75, 3.05) is 12.9 Å². The Kier molecular flexibility index (Phi) is 5.55. The normalized spacial score (nSPS) is 11.0. The van der Waals surface area contributed by atoms with Crippen molar-refractivity contribution in [3.8, 4) is 16.9 Å². The first-order valence-corrected chi connectivity index (χ1v) is 10.4. The second-order valence-corrected chi connectivity index (χ2v) is 7.89. The molecule has 0 atom stereocenters. The monoisotopic (exact) mass is 428 g/mol. The molecule has 0 fully saturated rings. The van der Waals surface area contributed by atoms with Crippen molar-refractivity contribution in [1.29, 1.82) is 0 Å². The zero-order valence-corrected chi connectivity index (χ0v) is 16.8. The van der Waals surface area contributed by atoms with Crippen LogP contribution in [0.25, 0.3) is 21.3 Å². The summed E-state index contributed by atoms with van der Waals surface area (Å²) in [6, 6.07) is 10.0. The number of fused-ring (bicyclic) bond motifs is 1. The molecule has 0 spiro atoms. The molecular formula is C21H14F2N2O2S2. The summed E-state index contributed by atoms with van der Waals surface area (Å²) in [4.78, 5) is 22.1. The predicted molar refractivity (Wildman–Crippen MR) is 111 cm³/mol. The minimum absolute atomic E-state index is 0.0601. The molecule has 2 aromatic heterocycles. The van der Waals surface area contributed by atoms with E-state index in [0.717, 1.165) is 21.3 Å². The Labute approximate surface area is 173 Å². The lowest BCUT2D eigenvalue weighted by Crippen LogP contribution is -2.06. The van der Waals surface area contributed by atoms with Crippen LogP contribution in [0, 0.1) is 11.6 Å². The highest BCUT2D eigenvalue weighted by atomic mass is 32.2. The molecule has 0 saturated heterocycles. The molecule has 4 nitrogen and oxygen atoms in total. The quantitative estimate of drug-likeness (QED) is 0.227. The molecule has 0 aliphatic carbocycles. The van der Waals surface area contributed by atoms with Crippen molar-refractivity contribution in [2.24, 2.45) is 0 Å². The van der Waals surface area contributed by atoms with E-state index in [1.54, 1.807) is 12.1 Å². The van der Waals surface area contributed by atoms with Crippen molar-refractivity contribution < 1.29 is 18.3 Å². The number of nitrogens with zero attached hydrogens (tertiary/aromatic N) is 2. The Morgan fingerprint density at radius 3 is 2.62 bits per heavy atom. The van der Waals surface area contributed by atoms with Gasteiger partial charge in [-0.15, -0.1) is 11.3 Å². The van der Waals surface area contributed by atoms with E-state index in [1.807, 2.05) is 5.38 Å². The summed E-state index contributed by atoms with van der Waals surface area (Å²) in [5, 5.41) is 3.39. The third-order valence-corrected chi connectivity index (χ3v) is 6.17. The zero-order chi connectivity index (χ0) is 20.4. The van der Waals surface area contributed by atoms with Gasteiger partial charge in [0, 0.05) is 10.9 Å². The Hall–Kier alpha value is -2.84. The number of aromatic nitrogens is 2. The molecule has 0 aliphatic heterocycles. The molecule has 2 heterocycles. The number of hydrogen-bond donors (Lipinski definition) is 0. The summed E-state index contributed by atoms with van der Waals surface area (Å²) < 4.78 is 32.0. The molecule has 146 valence electrons. The van der Waals surface area contributed by atoms with Crippen LogP contribution in [-0.4, -0.2) is 28.6 Å². The number of rotatable bonds is 6. The number of carbonyl (C=O) groups is 1. The first kappa shape index (κ1) is 19.5. The molecule has 0 radical (unpaired) electrons. The average Bonchev–Trinajstić information content (AvgIpc) is 3.17. The Balaban J connectivity index is 1.65. The van der Waals surface area contributed by atoms with E-state index in [9.17, 15) is 13.6 Å². The molecule has 0 aliphatic rings. The number of ketones is 1. The van der Waals surface area contributed by atoms with E-state index in [-0.39, 0.29) is 22.9 Å².